The highest BCUT2D eigenvalue weighted by Gasteiger charge is 2.44. The molecular formula is C28H38N4O6S. The lowest BCUT2D eigenvalue weighted by atomic mass is 9.71. The summed E-state index contributed by atoms with van der Waals surface area (Å²) in [6.07, 6.45) is 3.54. The van der Waals surface area contributed by atoms with E-state index < -0.39 is 27.1 Å². The molecule has 10 nitrogen and oxygen atoms in total. The number of ether oxygens (including phenoxy) is 3. The van der Waals surface area contributed by atoms with Gasteiger partial charge in [-0.05, 0) is 69.2 Å². The molecular weight excluding hydrogens is 520 g/mol. The summed E-state index contributed by atoms with van der Waals surface area (Å²) in [6, 6.07) is 5.89. The van der Waals surface area contributed by atoms with Gasteiger partial charge in [-0.3, -0.25) is 5.32 Å². The number of hydrogen-bond acceptors (Lipinski definition) is 9. The van der Waals surface area contributed by atoms with Gasteiger partial charge in [-0.15, -0.1) is 0 Å². The Morgan fingerprint density at radius 1 is 1.21 bits per heavy atom. The number of aromatic nitrogens is 2. The number of sulfone groups is 1. The standard InChI is InChI=1S/C28H38N4O6S/c1-18-9-10-28(22-15-19(7-8-20(18)22)29-26(33)38-27(2,3)4)16-23-21(17-37-28)24(31-25(30-23)39(5,34)35)32-11-6-13-36-14-12-32/h7-8,15,18H,6,9-14,16-17H2,1-5H3,(H,29,33)/t18-,28?/m0/s1. The van der Waals surface area contributed by atoms with E-state index in [9.17, 15) is 13.2 Å². The van der Waals surface area contributed by atoms with Crippen LogP contribution in [0.3, 0.4) is 0 Å². The van der Waals surface area contributed by atoms with Crippen LogP contribution in [0.5, 0.6) is 0 Å². The smallest absolute Gasteiger partial charge is 0.412 e. The van der Waals surface area contributed by atoms with Crippen molar-refractivity contribution in [1.29, 1.82) is 0 Å². The van der Waals surface area contributed by atoms with Crippen LogP contribution in [-0.2, 0) is 42.7 Å². The second kappa shape index (κ2) is 10.3. The lowest BCUT2D eigenvalue weighted by Crippen LogP contribution is -2.41. The van der Waals surface area contributed by atoms with Gasteiger partial charge in [0, 0.05) is 43.6 Å². The first-order valence-corrected chi connectivity index (χ1v) is 15.4. The molecule has 1 spiro atoms. The quantitative estimate of drug-likeness (QED) is 0.549. The van der Waals surface area contributed by atoms with Crippen LogP contribution in [0, 0.1) is 0 Å². The first kappa shape index (κ1) is 27.8. The lowest BCUT2D eigenvalue weighted by Gasteiger charge is -2.44. The zero-order valence-electron chi connectivity index (χ0n) is 23.4. The number of carbonyl (C=O) groups excluding carboxylic acids is 1. The fourth-order valence-corrected chi connectivity index (χ4v) is 6.19. The summed E-state index contributed by atoms with van der Waals surface area (Å²) in [4.78, 5) is 23.7. The summed E-state index contributed by atoms with van der Waals surface area (Å²) in [7, 11) is -3.64. The SMILES string of the molecule is C[C@H]1CCC2(Cc3nc(S(C)(=O)=O)nc(N4CCCOCC4)c3CO2)c2cc(NC(=O)OC(C)(C)C)ccc21. The van der Waals surface area contributed by atoms with Crippen molar-refractivity contribution in [2.45, 2.75) is 82.3 Å². The van der Waals surface area contributed by atoms with Crippen LogP contribution in [0.4, 0.5) is 16.3 Å². The summed E-state index contributed by atoms with van der Waals surface area (Å²) in [5.41, 5.74) is 2.99. The van der Waals surface area contributed by atoms with Crippen molar-refractivity contribution in [3.8, 4) is 0 Å². The van der Waals surface area contributed by atoms with E-state index in [0.717, 1.165) is 48.8 Å². The fraction of sp³-hybridized carbons (Fsp3) is 0.607. The van der Waals surface area contributed by atoms with Gasteiger partial charge < -0.3 is 19.1 Å². The minimum atomic E-state index is -3.64. The molecule has 2 aliphatic heterocycles. The number of amides is 1. The van der Waals surface area contributed by atoms with Crippen molar-refractivity contribution in [2.75, 3.05) is 42.8 Å². The number of benzene rings is 1. The third-order valence-electron chi connectivity index (χ3n) is 7.55. The van der Waals surface area contributed by atoms with Gasteiger partial charge in [0.25, 0.3) is 0 Å². The molecule has 3 aliphatic rings. The Labute approximate surface area is 230 Å². The van der Waals surface area contributed by atoms with E-state index in [1.807, 2.05) is 39.0 Å². The van der Waals surface area contributed by atoms with Crippen LogP contribution in [0.1, 0.15) is 75.3 Å². The van der Waals surface area contributed by atoms with E-state index in [-0.39, 0.29) is 11.8 Å². The lowest BCUT2D eigenvalue weighted by molar-refractivity contribution is -0.0872. The highest BCUT2D eigenvalue weighted by Crippen LogP contribution is 2.49. The van der Waals surface area contributed by atoms with Crippen molar-refractivity contribution in [3.63, 3.8) is 0 Å². The maximum absolute atomic E-state index is 12.6. The molecule has 2 atom stereocenters. The number of nitrogens with one attached hydrogen (secondary N) is 1. The van der Waals surface area contributed by atoms with Gasteiger partial charge in [0.2, 0.25) is 15.0 Å². The van der Waals surface area contributed by atoms with E-state index in [0.29, 0.717) is 49.3 Å². The molecule has 0 saturated carbocycles. The van der Waals surface area contributed by atoms with Crippen molar-refractivity contribution in [2.24, 2.45) is 0 Å². The van der Waals surface area contributed by atoms with E-state index in [1.54, 1.807) is 0 Å². The molecule has 1 aromatic heterocycles. The molecule has 1 amide bonds. The van der Waals surface area contributed by atoms with Gasteiger partial charge in [0.1, 0.15) is 11.4 Å². The Bertz CT molecular complexity index is 1360. The molecule has 0 radical (unpaired) electrons. The van der Waals surface area contributed by atoms with Gasteiger partial charge in [0.15, 0.2) is 0 Å². The Balaban J connectivity index is 1.54. The van der Waals surface area contributed by atoms with Crippen LogP contribution < -0.4 is 10.2 Å². The topological polar surface area (TPSA) is 120 Å². The first-order chi connectivity index (χ1) is 18.3. The normalized spacial score (nSPS) is 23.5. The molecule has 1 saturated heterocycles. The molecule has 0 bridgehead atoms. The molecule has 5 rings (SSSR count). The Hall–Kier alpha value is -2.76. The Morgan fingerprint density at radius 2 is 2.00 bits per heavy atom. The van der Waals surface area contributed by atoms with Gasteiger partial charge in [-0.2, -0.15) is 0 Å². The monoisotopic (exact) mass is 558 g/mol. The molecule has 212 valence electrons. The average molecular weight is 559 g/mol. The molecule has 3 heterocycles. The summed E-state index contributed by atoms with van der Waals surface area (Å²) in [6.45, 7) is 10.5. The van der Waals surface area contributed by atoms with Crippen molar-refractivity contribution >= 4 is 27.4 Å². The average Bonchev–Trinajstić information content (AvgIpc) is 3.14. The predicted octanol–water partition coefficient (Wildman–Crippen LogP) is 4.32. The van der Waals surface area contributed by atoms with Crippen LogP contribution in [0.15, 0.2) is 23.4 Å². The van der Waals surface area contributed by atoms with Crippen LogP contribution in [-0.4, -0.2) is 62.6 Å². The summed E-state index contributed by atoms with van der Waals surface area (Å²) < 4.78 is 43.0. The summed E-state index contributed by atoms with van der Waals surface area (Å²) in [5.74, 6) is 0.932. The molecule has 1 fully saturated rings. The second-order valence-electron chi connectivity index (χ2n) is 11.8. The number of rotatable bonds is 3. The van der Waals surface area contributed by atoms with Crippen LogP contribution >= 0.6 is 0 Å². The largest absolute Gasteiger partial charge is 0.444 e. The predicted molar refractivity (Wildman–Crippen MR) is 147 cm³/mol. The highest BCUT2D eigenvalue weighted by atomic mass is 32.2. The van der Waals surface area contributed by atoms with Crippen LogP contribution in [0.2, 0.25) is 0 Å². The third kappa shape index (κ3) is 5.90. The molecule has 1 aliphatic carbocycles. The van der Waals surface area contributed by atoms with Gasteiger partial charge >= 0.3 is 6.09 Å². The van der Waals surface area contributed by atoms with E-state index >= 15 is 0 Å². The maximum atomic E-state index is 12.6. The van der Waals surface area contributed by atoms with Gasteiger partial charge in [-0.1, -0.05) is 13.0 Å². The number of anilines is 2. The Morgan fingerprint density at radius 3 is 2.74 bits per heavy atom. The van der Waals surface area contributed by atoms with Gasteiger partial charge in [-0.25, -0.2) is 23.2 Å². The van der Waals surface area contributed by atoms with Crippen molar-refractivity contribution < 1.29 is 27.4 Å². The van der Waals surface area contributed by atoms with Gasteiger partial charge in [0.05, 0.1) is 24.5 Å². The molecule has 1 N–H and O–H groups in total. The molecule has 2 aromatic rings. The summed E-state index contributed by atoms with van der Waals surface area (Å²) >= 11 is 0. The second-order valence-corrected chi connectivity index (χ2v) is 13.7. The molecule has 39 heavy (non-hydrogen) atoms. The zero-order valence-corrected chi connectivity index (χ0v) is 24.2. The van der Waals surface area contributed by atoms with E-state index in [2.05, 4.69) is 27.1 Å². The molecule has 11 heteroatoms. The first-order valence-electron chi connectivity index (χ1n) is 13.6. The number of hydrogen-bond donors (Lipinski definition) is 1. The summed E-state index contributed by atoms with van der Waals surface area (Å²) in [5, 5.41) is 2.69. The number of nitrogens with zero attached hydrogens (tertiary/aromatic N) is 3. The minimum Gasteiger partial charge on any atom is -0.444 e. The maximum Gasteiger partial charge on any atom is 0.412 e. The van der Waals surface area contributed by atoms with E-state index in [1.165, 1.54) is 0 Å². The fourth-order valence-electron chi connectivity index (χ4n) is 5.66. The van der Waals surface area contributed by atoms with Crippen molar-refractivity contribution in [3.05, 3.63) is 40.6 Å². The highest BCUT2D eigenvalue weighted by molar-refractivity contribution is 7.90. The van der Waals surface area contributed by atoms with Crippen LogP contribution in [0.25, 0.3) is 0 Å². The Kier molecular flexibility index (Phi) is 7.36. The zero-order chi connectivity index (χ0) is 28.0. The number of carbonyl (C=O) groups is 1. The minimum absolute atomic E-state index is 0.164. The number of fused-ring (bicyclic) bond motifs is 3. The third-order valence-corrected chi connectivity index (χ3v) is 8.40. The van der Waals surface area contributed by atoms with Crippen molar-refractivity contribution in [1.82, 2.24) is 9.97 Å². The van der Waals surface area contributed by atoms with E-state index in [4.69, 9.17) is 14.2 Å². The molecule has 1 aromatic carbocycles. The molecule has 1 unspecified atom stereocenters.